The lowest BCUT2D eigenvalue weighted by Gasteiger charge is -2.37. The molecule has 218 valence electrons. The van der Waals surface area contributed by atoms with Gasteiger partial charge in [-0.3, -0.25) is 14.4 Å². The number of amides is 2. The van der Waals surface area contributed by atoms with Gasteiger partial charge in [-0.1, -0.05) is 0 Å². The molecule has 14 heteroatoms. The number of carboxylic acid groups (broad SMARTS) is 1. The lowest BCUT2D eigenvalue weighted by molar-refractivity contribution is -0.142. The lowest BCUT2D eigenvalue weighted by atomic mass is 10.0. The smallest absolute Gasteiger partial charge is 0.326 e. The highest BCUT2D eigenvalue weighted by Crippen LogP contribution is 2.42. The maximum Gasteiger partial charge on any atom is 0.326 e. The third-order valence-corrected chi connectivity index (χ3v) is 7.54. The van der Waals surface area contributed by atoms with Crippen molar-refractivity contribution in [1.82, 2.24) is 30.1 Å². The highest BCUT2D eigenvalue weighted by atomic mass is 19.1. The van der Waals surface area contributed by atoms with E-state index in [2.05, 4.69) is 25.5 Å². The van der Waals surface area contributed by atoms with Crippen LogP contribution in [0.2, 0.25) is 0 Å². The van der Waals surface area contributed by atoms with Crippen LogP contribution in [0.3, 0.4) is 0 Å². The Hall–Kier alpha value is -4.46. The number of rotatable bonds is 8. The van der Waals surface area contributed by atoms with Gasteiger partial charge in [0, 0.05) is 50.7 Å². The van der Waals surface area contributed by atoms with E-state index in [0.29, 0.717) is 30.0 Å². The number of carbonyl (C=O) groups is 3. The first-order valence-corrected chi connectivity index (χ1v) is 13.3. The van der Waals surface area contributed by atoms with Crippen molar-refractivity contribution in [2.75, 3.05) is 44.7 Å². The number of pyridine rings is 1. The highest BCUT2D eigenvalue weighted by molar-refractivity contribution is 6.01. The monoisotopic (exact) mass is 569 g/mol. The predicted molar refractivity (Wildman–Crippen MR) is 147 cm³/mol. The van der Waals surface area contributed by atoms with Crippen molar-refractivity contribution in [3.8, 4) is 5.75 Å². The number of hydrogen-bond donors (Lipinski definition) is 4. The molecule has 3 aromatic rings. The Labute approximate surface area is 234 Å². The normalized spacial score (nSPS) is 18.4. The van der Waals surface area contributed by atoms with Crippen molar-refractivity contribution in [3.05, 3.63) is 52.1 Å². The Balaban J connectivity index is 1.42. The quantitative estimate of drug-likeness (QED) is 0.303. The average Bonchev–Trinajstić information content (AvgIpc) is 3.45. The van der Waals surface area contributed by atoms with Crippen LogP contribution in [-0.4, -0.2) is 94.2 Å². The number of aromatic nitrogens is 3. The SMILES string of the molecule is CC(NC(=O)c1cn2c3c(c(N4CCN(C)CC4)c(F)cc3c1=O)OC[C@@H]2C)C(=O)NC(Cc1cnc[nH]1)C(=O)O. The van der Waals surface area contributed by atoms with Crippen LogP contribution in [0.25, 0.3) is 10.9 Å². The molecular weight excluding hydrogens is 537 g/mol. The molecule has 0 saturated carbocycles. The van der Waals surface area contributed by atoms with Gasteiger partial charge in [-0.05, 0) is 27.0 Å². The zero-order chi connectivity index (χ0) is 29.4. The molecule has 2 amide bonds. The molecule has 5 rings (SSSR count). The molecule has 3 atom stereocenters. The number of carboxylic acids is 1. The molecule has 0 radical (unpaired) electrons. The third-order valence-electron chi connectivity index (χ3n) is 7.54. The summed E-state index contributed by atoms with van der Waals surface area (Å²) in [4.78, 5) is 61.8. The molecule has 1 fully saturated rings. The summed E-state index contributed by atoms with van der Waals surface area (Å²) in [6, 6.07) is -1.56. The molecule has 2 aromatic heterocycles. The fourth-order valence-electron chi connectivity index (χ4n) is 5.15. The van der Waals surface area contributed by atoms with Crippen molar-refractivity contribution in [3.63, 3.8) is 0 Å². The number of aromatic amines is 1. The van der Waals surface area contributed by atoms with Crippen LogP contribution in [0, 0.1) is 5.82 Å². The number of piperazine rings is 1. The van der Waals surface area contributed by atoms with E-state index in [1.54, 1.807) is 4.57 Å². The molecule has 0 bridgehead atoms. The fraction of sp³-hybridized carbons (Fsp3) is 0.444. The summed E-state index contributed by atoms with van der Waals surface area (Å²) in [6.45, 7) is 6.14. The number of ether oxygens (including phenoxy) is 1. The predicted octanol–water partition coefficient (Wildman–Crippen LogP) is 0.499. The highest BCUT2D eigenvalue weighted by Gasteiger charge is 2.32. The van der Waals surface area contributed by atoms with Crippen LogP contribution in [-0.2, 0) is 16.0 Å². The van der Waals surface area contributed by atoms with Gasteiger partial charge in [0.15, 0.2) is 11.6 Å². The molecule has 2 aliphatic rings. The van der Waals surface area contributed by atoms with E-state index in [-0.39, 0.29) is 35.8 Å². The minimum Gasteiger partial charge on any atom is -0.487 e. The van der Waals surface area contributed by atoms with Crippen molar-refractivity contribution in [2.45, 2.75) is 38.4 Å². The Morgan fingerprint density at radius 2 is 1.98 bits per heavy atom. The van der Waals surface area contributed by atoms with E-state index in [9.17, 15) is 24.3 Å². The zero-order valence-electron chi connectivity index (χ0n) is 22.9. The minimum atomic E-state index is -1.27. The van der Waals surface area contributed by atoms with Gasteiger partial charge >= 0.3 is 5.97 Å². The summed E-state index contributed by atoms with van der Waals surface area (Å²) in [7, 11) is 2.00. The number of imidazole rings is 1. The second-order valence-corrected chi connectivity index (χ2v) is 10.5. The third kappa shape index (κ3) is 5.46. The Morgan fingerprint density at radius 3 is 2.63 bits per heavy atom. The summed E-state index contributed by atoms with van der Waals surface area (Å²) < 4.78 is 23.3. The van der Waals surface area contributed by atoms with Crippen molar-refractivity contribution in [2.24, 2.45) is 0 Å². The van der Waals surface area contributed by atoms with Gasteiger partial charge in [0.25, 0.3) is 5.91 Å². The number of benzene rings is 1. The van der Waals surface area contributed by atoms with E-state index in [1.807, 2.05) is 18.9 Å². The summed E-state index contributed by atoms with van der Waals surface area (Å²) in [5, 5.41) is 14.4. The molecule has 2 aliphatic heterocycles. The first-order valence-electron chi connectivity index (χ1n) is 13.3. The number of hydrogen-bond acceptors (Lipinski definition) is 8. The number of nitrogens with zero attached hydrogens (tertiary/aromatic N) is 4. The van der Waals surface area contributed by atoms with Crippen LogP contribution in [0.15, 0.2) is 29.6 Å². The second-order valence-electron chi connectivity index (χ2n) is 10.5. The van der Waals surface area contributed by atoms with Crippen LogP contribution < -0.4 is 25.7 Å². The van der Waals surface area contributed by atoms with E-state index in [1.165, 1.54) is 25.6 Å². The van der Waals surface area contributed by atoms with E-state index < -0.39 is 41.1 Å². The summed E-state index contributed by atoms with van der Waals surface area (Å²) in [6.07, 6.45) is 4.21. The van der Waals surface area contributed by atoms with Crippen molar-refractivity contribution >= 4 is 34.4 Å². The molecule has 4 N–H and O–H groups in total. The first-order chi connectivity index (χ1) is 19.5. The van der Waals surface area contributed by atoms with Crippen LogP contribution in [0.5, 0.6) is 5.75 Å². The molecule has 0 aliphatic carbocycles. The second kappa shape index (κ2) is 11.2. The van der Waals surface area contributed by atoms with Crippen molar-refractivity contribution < 1.29 is 28.6 Å². The maximum atomic E-state index is 15.6. The van der Waals surface area contributed by atoms with Gasteiger partial charge in [0.1, 0.15) is 29.9 Å². The number of nitrogens with one attached hydrogen (secondary N) is 3. The standard InChI is InChI=1S/C27H32FN7O6/c1-14-12-41-24-21-17(9-19(28)22(24)34-6-4-33(3)5-7-34)23(36)18(11-35(14)21)26(38)31-15(2)25(37)32-20(27(39)40)8-16-10-29-13-30-16/h9-11,13-15,20H,4-8,12H2,1-3H3,(H,29,30)(H,31,38)(H,32,37)(H,39,40)/t14-,15?,20?/m0/s1. The molecule has 4 heterocycles. The number of likely N-dealkylation sites (N-methyl/N-ethyl adjacent to an activating group) is 1. The van der Waals surface area contributed by atoms with Gasteiger partial charge < -0.3 is 39.8 Å². The molecular formula is C27H32FN7O6. The summed E-state index contributed by atoms with van der Waals surface area (Å²) >= 11 is 0. The summed E-state index contributed by atoms with van der Waals surface area (Å²) in [5.41, 5.74) is 0.251. The summed E-state index contributed by atoms with van der Waals surface area (Å²) in [5.74, 6) is -3.19. The van der Waals surface area contributed by atoms with E-state index >= 15 is 4.39 Å². The lowest BCUT2D eigenvalue weighted by Crippen LogP contribution is -2.51. The van der Waals surface area contributed by atoms with Gasteiger partial charge in [-0.15, -0.1) is 0 Å². The molecule has 41 heavy (non-hydrogen) atoms. The van der Waals surface area contributed by atoms with Crippen LogP contribution >= 0.6 is 0 Å². The number of aliphatic carboxylic acids is 1. The molecule has 1 saturated heterocycles. The molecule has 1 aromatic carbocycles. The molecule has 0 spiro atoms. The van der Waals surface area contributed by atoms with Crippen LogP contribution in [0.1, 0.15) is 35.9 Å². The number of anilines is 1. The van der Waals surface area contributed by atoms with E-state index in [4.69, 9.17) is 4.74 Å². The van der Waals surface area contributed by atoms with Gasteiger partial charge in [-0.2, -0.15) is 0 Å². The minimum absolute atomic E-state index is 0.00261. The average molecular weight is 570 g/mol. The van der Waals surface area contributed by atoms with Gasteiger partial charge in [-0.25, -0.2) is 14.2 Å². The molecule has 13 nitrogen and oxygen atoms in total. The van der Waals surface area contributed by atoms with Crippen LogP contribution in [0.4, 0.5) is 10.1 Å². The van der Waals surface area contributed by atoms with Gasteiger partial charge in [0.2, 0.25) is 11.3 Å². The zero-order valence-corrected chi connectivity index (χ0v) is 22.9. The Kier molecular flexibility index (Phi) is 7.67. The maximum absolute atomic E-state index is 15.6. The number of carbonyl (C=O) groups excluding carboxylic acids is 2. The Morgan fingerprint density at radius 1 is 1.24 bits per heavy atom. The Bertz CT molecular complexity index is 1550. The fourth-order valence-corrected chi connectivity index (χ4v) is 5.15. The van der Waals surface area contributed by atoms with Gasteiger partial charge in [0.05, 0.1) is 23.3 Å². The number of H-pyrrole nitrogens is 1. The first kappa shape index (κ1) is 28.1. The topological polar surface area (TPSA) is 162 Å². The molecule has 2 unspecified atom stereocenters. The largest absolute Gasteiger partial charge is 0.487 e. The number of halogens is 1. The van der Waals surface area contributed by atoms with Crippen molar-refractivity contribution in [1.29, 1.82) is 0 Å². The van der Waals surface area contributed by atoms with E-state index in [0.717, 1.165) is 19.2 Å².